The molecule has 1 aromatic carbocycles. The van der Waals surface area contributed by atoms with Gasteiger partial charge in [-0.15, -0.1) is 0 Å². The van der Waals surface area contributed by atoms with Crippen LogP contribution >= 0.6 is 0 Å². The maximum Gasteiger partial charge on any atom is 0.416 e. The lowest BCUT2D eigenvalue weighted by atomic mass is 10.0. The van der Waals surface area contributed by atoms with E-state index in [2.05, 4.69) is 0 Å². The highest BCUT2D eigenvalue weighted by molar-refractivity contribution is 6.69. The Labute approximate surface area is 128 Å². The van der Waals surface area contributed by atoms with Gasteiger partial charge in [-0.2, -0.15) is 13.2 Å². The summed E-state index contributed by atoms with van der Waals surface area (Å²) in [4.78, 5) is 11.8. The monoisotopic (exact) mass is 332 g/mol. The maximum atomic E-state index is 12.7. The summed E-state index contributed by atoms with van der Waals surface area (Å²) in [6.07, 6.45) is -3.94. The van der Waals surface area contributed by atoms with Crippen molar-refractivity contribution in [1.29, 1.82) is 0 Å². The number of benzene rings is 1. The summed E-state index contributed by atoms with van der Waals surface area (Å²) in [7, 11) is -0.695. The molecule has 0 spiro atoms. The van der Waals surface area contributed by atoms with E-state index >= 15 is 0 Å². The number of rotatable bonds is 4. The molecule has 0 aromatic heterocycles. The molecular formula is C15H19F3O3Si. The molecule has 1 aromatic rings. The van der Waals surface area contributed by atoms with Crippen LogP contribution in [0.3, 0.4) is 0 Å². The lowest BCUT2D eigenvalue weighted by Gasteiger charge is -2.28. The van der Waals surface area contributed by atoms with E-state index in [0.29, 0.717) is 12.0 Å². The smallest absolute Gasteiger partial charge is 0.416 e. The number of hydrogen-bond donors (Lipinski definition) is 0. The third-order valence-corrected chi connectivity index (χ3v) is 4.56. The molecule has 0 saturated heterocycles. The van der Waals surface area contributed by atoms with Crippen LogP contribution in [-0.2, 0) is 25.7 Å². The molecule has 0 amide bonds. The Morgan fingerprint density at radius 1 is 1.23 bits per heavy atom. The van der Waals surface area contributed by atoms with Gasteiger partial charge < -0.3 is 9.16 Å². The third kappa shape index (κ3) is 3.35. The quantitative estimate of drug-likeness (QED) is 0.619. The Hall–Kier alpha value is -1.34. The fourth-order valence-electron chi connectivity index (χ4n) is 2.64. The van der Waals surface area contributed by atoms with Crippen molar-refractivity contribution in [3.63, 3.8) is 0 Å². The fraction of sp³-hybridized carbons (Fsp3) is 0.533. The van der Waals surface area contributed by atoms with Gasteiger partial charge in [0, 0.05) is 0 Å². The van der Waals surface area contributed by atoms with Crippen LogP contribution in [0.5, 0.6) is 0 Å². The molecule has 7 heteroatoms. The molecule has 122 valence electrons. The zero-order valence-electron chi connectivity index (χ0n) is 13.0. The van der Waals surface area contributed by atoms with Gasteiger partial charge in [-0.1, -0.05) is 12.1 Å². The molecule has 1 fully saturated rings. The molecular weight excluding hydrogens is 313 g/mol. The zero-order valence-corrected chi connectivity index (χ0v) is 14.0. The number of carbonyl (C=O) groups is 1. The first kappa shape index (κ1) is 17.0. The zero-order chi connectivity index (χ0) is 16.8. The van der Waals surface area contributed by atoms with Crippen LogP contribution in [0.2, 0.25) is 19.6 Å². The number of carbonyl (C=O) groups excluding carboxylic acids is 1. The van der Waals surface area contributed by atoms with Crippen molar-refractivity contribution < 1.29 is 27.1 Å². The summed E-state index contributed by atoms with van der Waals surface area (Å²) in [5.41, 5.74) is -0.963. The topological polar surface area (TPSA) is 35.5 Å². The maximum absolute atomic E-state index is 12.7. The van der Waals surface area contributed by atoms with Gasteiger partial charge in [-0.05, 0) is 43.8 Å². The lowest BCUT2D eigenvalue weighted by Crippen LogP contribution is -2.34. The highest BCUT2D eigenvalue weighted by atomic mass is 28.4. The minimum Gasteiger partial charge on any atom is -0.469 e. The minimum atomic E-state index is -4.38. The number of alkyl halides is 3. The molecule has 2 rings (SSSR count). The number of methoxy groups -OCH3 is 1. The van der Waals surface area contributed by atoms with E-state index in [1.54, 1.807) is 0 Å². The van der Waals surface area contributed by atoms with E-state index in [9.17, 15) is 18.0 Å². The van der Waals surface area contributed by atoms with Crippen LogP contribution in [0, 0.1) is 5.92 Å². The van der Waals surface area contributed by atoms with Crippen molar-refractivity contribution >= 4 is 14.3 Å². The molecule has 2 atom stereocenters. The Morgan fingerprint density at radius 3 is 2.18 bits per heavy atom. The number of hydrogen-bond acceptors (Lipinski definition) is 3. The molecule has 3 nitrogen and oxygen atoms in total. The van der Waals surface area contributed by atoms with Crippen molar-refractivity contribution in [2.75, 3.05) is 7.11 Å². The first-order valence-electron chi connectivity index (χ1n) is 6.95. The molecule has 0 bridgehead atoms. The predicted molar refractivity (Wildman–Crippen MR) is 77.7 cm³/mol. The van der Waals surface area contributed by atoms with Crippen molar-refractivity contribution in [3.05, 3.63) is 35.4 Å². The highest BCUT2D eigenvalue weighted by Gasteiger charge is 2.62. The molecule has 1 aliphatic carbocycles. The SMILES string of the molecule is COC(=O)[C@@H]1C[C@@]1(O[Si](C)(C)C)c1ccc(C(F)(F)F)cc1. The fourth-order valence-corrected chi connectivity index (χ4v) is 4.07. The summed E-state index contributed by atoms with van der Waals surface area (Å²) >= 11 is 0. The predicted octanol–water partition coefficient (Wildman–Crippen LogP) is 3.95. The second-order valence-electron chi connectivity index (χ2n) is 6.46. The van der Waals surface area contributed by atoms with Crippen LogP contribution in [0.1, 0.15) is 17.5 Å². The van der Waals surface area contributed by atoms with Crippen molar-refractivity contribution in [3.8, 4) is 0 Å². The van der Waals surface area contributed by atoms with Gasteiger partial charge in [0.1, 0.15) is 0 Å². The molecule has 22 heavy (non-hydrogen) atoms. The first-order chi connectivity index (χ1) is 9.99. The summed E-state index contributed by atoms with van der Waals surface area (Å²) in [5, 5.41) is 0. The Kier molecular flexibility index (Phi) is 4.16. The van der Waals surface area contributed by atoms with Gasteiger partial charge in [-0.3, -0.25) is 4.79 Å². The Balaban J connectivity index is 2.34. The molecule has 1 aliphatic rings. The summed E-state index contributed by atoms with van der Waals surface area (Å²) in [5.74, 6) is -0.848. The standard InChI is InChI=1S/C15H19F3O3Si/c1-20-13(19)12-9-14(12,21-22(2,3)4)10-5-7-11(8-6-10)15(16,17)18/h5-8,12H,9H2,1-4H3/t12-,14+/m0/s1. The van der Waals surface area contributed by atoms with Crippen molar-refractivity contribution in [2.45, 2.75) is 37.8 Å². The summed E-state index contributed by atoms with van der Waals surface area (Å²) < 4.78 is 48.9. The van der Waals surface area contributed by atoms with Gasteiger partial charge in [-0.25, -0.2) is 0 Å². The first-order valence-corrected chi connectivity index (χ1v) is 10.4. The normalized spacial score (nSPS) is 25.0. The van der Waals surface area contributed by atoms with E-state index in [-0.39, 0.29) is 0 Å². The number of esters is 1. The molecule has 1 saturated carbocycles. The van der Waals surface area contributed by atoms with Crippen molar-refractivity contribution in [2.24, 2.45) is 5.92 Å². The van der Waals surface area contributed by atoms with Gasteiger partial charge in [0.25, 0.3) is 0 Å². The average molecular weight is 332 g/mol. The van der Waals surface area contributed by atoms with Gasteiger partial charge in [0.2, 0.25) is 0 Å². The molecule has 0 N–H and O–H groups in total. The van der Waals surface area contributed by atoms with Crippen LogP contribution in [0.25, 0.3) is 0 Å². The molecule has 0 unspecified atom stereocenters. The Bertz CT molecular complexity index is 563. The van der Waals surface area contributed by atoms with E-state index in [0.717, 1.165) is 12.1 Å². The van der Waals surface area contributed by atoms with E-state index < -0.39 is 37.5 Å². The van der Waals surface area contributed by atoms with E-state index in [1.807, 2.05) is 19.6 Å². The van der Waals surface area contributed by atoms with E-state index in [1.165, 1.54) is 19.2 Å². The van der Waals surface area contributed by atoms with Gasteiger partial charge in [0.15, 0.2) is 8.32 Å². The van der Waals surface area contributed by atoms with Gasteiger partial charge in [0.05, 0.1) is 24.2 Å². The largest absolute Gasteiger partial charge is 0.469 e. The Morgan fingerprint density at radius 2 is 1.77 bits per heavy atom. The molecule has 0 heterocycles. The van der Waals surface area contributed by atoms with Crippen LogP contribution in [0.4, 0.5) is 13.2 Å². The summed E-state index contributed by atoms with van der Waals surface area (Å²) in [6.45, 7) is 5.93. The number of halogens is 3. The van der Waals surface area contributed by atoms with Crippen LogP contribution in [0.15, 0.2) is 24.3 Å². The minimum absolute atomic E-state index is 0.391. The summed E-state index contributed by atoms with van der Waals surface area (Å²) in [6, 6.07) is 4.84. The number of ether oxygens (including phenoxy) is 1. The lowest BCUT2D eigenvalue weighted by molar-refractivity contribution is -0.144. The van der Waals surface area contributed by atoms with Gasteiger partial charge >= 0.3 is 12.1 Å². The van der Waals surface area contributed by atoms with Crippen molar-refractivity contribution in [1.82, 2.24) is 0 Å². The van der Waals surface area contributed by atoms with E-state index in [4.69, 9.17) is 9.16 Å². The van der Waals surface area contributed by atoms with Crippen LogP contribution in [-0.4, -0.2) is 21.4 Å². The third-order valence-electron chi connectivity index (χ3n) is 3.59. The second kappa shape index (κ2) is 5.38. The highest BCUT2D eigenvalue weighted by Crippen LogP contribution is 2.57. The van der Waals surface area contributed by atoms with Crippen LogP contribution < -0.4 is 0 Å². The second-order valence-corrected chi connectivity index (χ2v) is 10.9. The molecule has 0 radical (unpaired) electrons. The molecule has 0 aliphatic heterocycles. The average Bonchev–Trinajstić information content (AvgIpc) is 3.10.